The third-order valence-electron chi connectivity index (χ3n) is 6.59. The summed E-state index contributed by atoms with van der Waals surface area (Å²) in [7, 11) is 0. The van der Waals surface area contributed by atoms with E-state index >= 15 is 0 Å². The third kappa shape index (κ3) is 4.03. The zero-order valence-corrected chi connectivity index (χ0v) is 16.3. The number of carbonyl (C=O) groups excluding carboxylic acids is 1. The SMILES string of the molecule is CC(C)[C@@]1(O)CC[C@@H](C)[C@@H]2CCC(COC(=O)Cc3ccccc3)=C[C@@H]21. The lowest BCUT2D eigenvalue weighted by molar-refractivity contribution is -0.142. The van der Waals surface area contributed by atoms with Crippen LogP contribution >= 0.6 is 0 Å². The summed E-state index contributed by atoms with van der Waals surface area (Å²) in [4.78, 5) is 12.1. The second-order valence-corrected chi connectivity index (χ2v) is 8.54. The number of carbonyl (C=O) groups is 1. The van der Waals surface area contributed by atoms with Gasteiger partial charge < -0.3 is 9.84 Å². The van der Waals surface area contributed by atoms with E-state index in [-0.39, 0.29) is 17.8 Å². The van der Waals surface area contributed by atoms with Gasteiger partial charge in [-0.3, -0.25) is 4.79 Å². The molecule has 0 aromatic heterocycles. The Hall–Kier alpha value is -1.61. The van der Waals surface area contributed by atoms with Crippen molar-refractivity contribution >= 4 is 5.97 Å². The van der Waals surface area contributed by atoms with Gasteiger partial charge in [-0.15, -0.1) is 0 Å². The summed E-state index contributed by atoms with van der Waals surface area (Å²) in [6.45, 7) is 6.91. The highest BCUT2D eigenvalue weighted by atomic mass is 16.5. The maximum absolute atomic E-state index is 12.1. The molecule has 3 rings (SSSR count). The van der Waals surface area contributed by atoms with Crippen LogP contribution in [0.5, 0.6) is 0 Å². The molecule has 0 aliphatic heterocycles. The Kier molecular flexibility index (Phi) is 5.86. The van der Waals surface area contributed by atoms with Crippen LogP contribution in [0.4, 0.5) is 0 Å². The van der Waals surface area contributed by atoms with Crippen LogP contribution in [-0.2, 0) is 16.0 Å². The van der Waals surface area contributed by atoms with Crippen LogP contribution in [-0.4, -0.2) is 23.3 Å². The number of hydrogen-bond acceptors (Lipinski definition) is 3. The van der Waals surface area contributed by atoms with E-state index in [1.54, 1.807) is 0 Å². The first kappa shape index (κ1) is 19.2. The predicted octanol–water partition coefficient (Wildman–Crippen LogP) is 4.54. The van der Waals surface area contributed by atoms with Crippen LogP contribution in [0, 0.1) is 23.7 Å². The predicted molar refractivity (Wildman–Crippen MR) is 104 cm³/mol. The van der Waals surface area contributed by atoms with Crippen molar-refractivity contribution in [2.24, 2.45) is 23.7 Å². The van der Waals surface area contributed by atoms with Gasteiger partial charge >= 0.3 is 5.97 Å². The van der Waals surface area contributed by atoms with Crippen molar-refractivity contribution in [3.05, 3.63) is 47.5 Å². The summed E-state index contributed by atoms with van der Waals surface area (Å²) in [6.07, 6.45) is 6.57. The summed E-state index contributed by atoms with van der Waals surface area (Å²) in [5, 5.41) is 11.3. The van der Waals surface area contributed by atoms with Gasteiger partial charge in [0.2, 0.25) is 0 Å². The van der Waals surface area contributed by atoms with Crippen molar-refractivity contribution in [3.8, 4) is 0 Å². The van der Waals surface area contributed by atoms with Crippen molar-refractivity contribution in [1.82, 2.24) is 0 Å². The maximum Gasteiger partial charge on any atom is 0.310 e. The topological polar surface area (TPSA) is 46.5 Å². The fourth-order valence-corrected chi connectivity index (χ4v) is 4.77. The molecule has 3 heteroatoms. The lowest BCUT2D eigenvalue weighted by atomic mass is 9.58. The van der Waals surface area contributed by atoms with Crippen LogP contribution in [0.25, 0.3) is 0 Å². The van der Waals surface area contributed by atoms with E-state index in [1.165, 1.54) is 5.57 Å². The van der Waals surface area contributed by atoms with Gasteiger partial charge in [0, 0.05) is 5.92 Å². The minimum atomic E-state index is -0.628. The Morgan fingerprint density at radius 3 is 2.69 bits per heavy atom. The Labute approximate surface area is 157 Å². The largest absolute Gasteiger partial charge is 0.461 e. The van der Waals surface area contributed by atoms with Crippen LogP contribution in [0.1, 0.15) is 52.0 Å². The number of fused-ring (bicyclic) bond motifs is 1. The smallest absolute Gasteiger partial charge is 0.310 e. The molecular weight excluding hydrogens is 324 g/mol. The minimum Gasteiger partial charge on any atom is -0.461 e. The number of hydrogen-bond donors (Lipinski definition) is 1. The molecule has 26 heavy (non-hydrogen) atoms. The van der Waals surface area contributed by atoms with Crippen molar-refractivity contribution in [3.63, 3.8) is 0 Å². The van der Waals surface area contributed by atoms with Crippen molar-refractivity contribution in [1.29, 1.82) is 0 Å². The first-order valence-electron chi connectivity index (χ1n) is 10.0. The first-order valence-corrected chi connectivity index (χ1v) is 10.0. The average molecular weight is 357 g/mol. The van der Waals surface area contributed by atoms with Crippen LogP contribution in [0.3, 0.4) is 0 Å². The summed E-state index contributed by atoms with van der Waals surface area (Å²) >= 11 is 0. The summed E-state index contributed by atoms with van der Waals surface area (Å²) in [6, 6.07) is 9.70. The van der Waals surface area contributed by atoms with E-state index in [1.807, 2.05) is 30.3 Å². The molecule has 0 heterocycles. The van der Waals surface area contributed by atoms with Crippen LogP contribution in [0.15, 0.2) is 42.0 Å². The van der Waals surface area contributed by atoms with E-state index in [0.717, 1.165) is 31.2 Å². The van der Waals surface area contributed by atoms with Crippen LogP contribution < -0.4 is 0 Å². The molecule has 2 aliphatic carbocycles. The van der Waals surface area contributed by atoms with Gasteiger partial charge in [0.15, 0.2) is 0 Å². The van der Waals surface area contributed by atoms with E-state index in [4.69, 9.17) is 4.74 Å². The average Bonchev–Trinajstić information content (AvgIpc) is 2.64. The molecule has 0 saturated heterocycles. The number of esters is 1. The van der Waals surface area contributed by atoms with Crippen molar-refractivity contribution in [2.75, 3.05) is 6.61 Å². The lowest BCUT2D eigenvalue weighted by Gasteiger charge is -2.51. The van der Waals surface area contributed by atoms with Crippen molar-refractivity contribution < 1.29 is 14.6 Å². The number of benzene rings is 1. The molecular formula is C23H32O3. The highest BCUT2D eigenvalue weighted by molar-refractivity contribution is 5.72. The van der Waals surface area contributed by atoms with E-state index < -0.39 is 5.60 Å². The molecule has 0 bridgehead atoms. The van der Waals surface area contributed by atoms with Gasteiger partial charge in [0.25, 0.3) is 0 Å². The molecule has 1 fully saturated rings. The molecule has 142 valence electrons. The first-order chi connectivity index (χ1) is 12.4. The van der Waals surface area contributed by atoms with Gasteiger partial charge in [-0.05, 0) is 54.6 Å². The lowest BCUT2D eigenvalue weighted by Crippen LogP contribution is -2.51. The van der Waals surface area contributed by atoms with Gasteiger partial charge in [0.1, 0.15) is 6.61 Å². The Bertz CT molecular complexity index is 649. The zero-order chi connectivity index (χ0) is 18.7. The Morgan fingerprint density at radius 1 is 1.27 bits per heavy atom. The maximum atomic E-state index is 12.1. The highest BCUT2D eigenvalue weighted by Gasteiger charge is 2.48. The quantitative estimate of drug-likeness (QED) is 0.622. The molecule has 1 aromatic carbocycles. The monoisotopic (exact) mass is 356 g/mol. The molecule has 1 saturated carbocycles. The van der Waals surface area contributed by atoms with E-state index in [2.05, 4.69) is 26.8 Å². The van der Waals surface area contributed by atoms with Crippen molar-refractivity contribution in [2.45, 2.75) is 58.5 Å². The number of rotatable bonds is 5. The Balaban J connectivity index is 1.64. The molecule has 1 aromatic rings. The number of aliphatic hydroxyl groups is 1. The van der Waals surface area contributed by atoms with Gasteiger partial charge in [-0.25, -0.2) is 0 Å². The molecule has 0 radical (unpaired) electrons. The molecule has 4 atom stereocenters. The summed E-state index contributed by atoms with van der Waals surface area (Å²) < 4.78 is 5.53. The van der Waals surface area contributed by atoms with Gasteiger partial charge in [-0.2, -0.15) is 0 Å². The molecule has 2 aliphatic rings. The third-order valence-corrected chi connectivity index (χ3v) is 6.59. The van der Waals surface area contributed by atoms with Gasteiger partial charge in [-0.1, -0.05) is 57.2 Å². The summed E-state index contributed by atoms with van der Waals surface area (Å²) in [5.74, 6) is 1.43. The van der Waals surface area contributed by atoms with E-state index in [9.17, 15) is 9.90 Å². The molecule has 0 spiro atoms. The van der Waals surface area contributed by atoms with E-state index in [0.29, 0.717) is 24.9 Å². The second kappa shape index (κ2) is 7.96. The normalized spacial score (nSPS) is 31.3. The van der Waals surface area contributed by atoms with Crippen LogP contribution in [0.2, 0.25) is 0 Å². The number of ether oxygens (including phenoxy) is 1. The summed E-state index contributed by atoms with van der Waals surface area (Å²) in [5.41, 5.74) is 1.52. The Morgan fingerprint density at radius 2 is 2.00 bits per heavy atom. The fourth-order valence-electron chi connectivity index (χ4n) is 4.77. The molecule has 0 unspecified atom stereocenters. The molecule has 0 amide bonds. The molecule has 1 N–H and O–H groups in total. The zero-order valence-electron chi connectivity index (χ0n) is 16.3. The fraction of sp³-hybridized carbons (Fsp3) is 0.609. The minimum absolute atomic E-state index is 0.183. The van der Waals surface area contributed by atoms with Gasteiger partial charge in [0.05, 0.1) is 12.0 Å². The second-order valence-electron chi connectivity index (χ2n) is 8.54. The highest BCUT2D eigenvalue weighted by Crippen LogP contribution is 2.50. The molecule has 3 nitrogen and oxygen atoms in total. The standard InChI is InChI=1S/C23H32O3/c1-16(2)23(25)12-11-17(3)20-10-9-19(13-21(20)23)15-26-22(24)14-18-7-5-4-6-8-18/h4-8,13,16-17,20-21,25H,9-12,14-15H2,1-3H3/t17-,20+,21+,23+/m1/s1.